The minimum Gasteiger partial charge on any atom is -0.459 e. The van der Waals surface area contributed by atoms with Crippen LogP contribution < -0.4 is 5.32 Å². The molecule has 1 aliphatic heterocycles. The van der Waals surface area contributed by atoms with Gasteiger partial charge in [-0.05, 0) is 42.7 Å². The third-order valence-electron chi connectivity index (χ3n) is 7.41. The zero-order valence-electron chi connectivity index (χ0n) is 20.0. The van der Waals surface area contributed by atoms with Crippen molar-refractivity contribution in [2.45, 2.75) is 31.7 Å². The first-order valence-electron chi connectivity index (χ1n) is 12.3. The van der Waals surface area contributed by atoms with E-state index in [4.69, 9.17) is 9.15 Å². The van der Waals surface area contributed by atoms with Crippen LogP contribution in [-0.2, 0) is 20.9 Å². The van der Waals surface area contributed by atoms with E-state index in [0.717, 1.165) is 21.9 Å². The Morgan fingerprint density at radius 2 is 1.70 bits per heavy atom. The molecular weight excluding hydrogens is 475 g/mol. The normalized spacial score (nSPS) is 22.5. The van der Waals surface area contributed by atoms with Crippen molar-refractivity contribution in [3.05, 3.63) is 83.9 Å². The lowest BCUT2D eigenvalue weighted by Crippen LogP contribution is -2.46. The number of carbonyl (C=O) groups is 3. The molecule has 6 rings (SSSR count). The Balaban J connectivity index is 1.13. The number of nitrogens with zero attached hydrogens (tertiary/aromatic N) is 1. The fraction of sp³-hybridized carbons (Fsp3) is 0.276. The highest BCUT2D eigenvalue weighted by atomic mass is 19.1. The Morgan fingerprint density at radius 1 is 0.973 bits per heavy atom. The van der Waals surface area contributed by atoms with E-state index in [1.54, 1.807) is 18.2 Å². The number of nitrogens with one attached hydrogen (secondary N) is 1. The molecule has 2 heterocycles. The molecule has 1 saturated heterocycles. The van der Waals surface area contributed by atoms with Crippen LogP contribution in [0.4, 0.5) is 4.39 Å². The molecule has 2 amide bonds. The molecular formula is C29H25FN2O5. The molecule has 0 bridgehead atoms. The Morgan fingerprint density at radius 3 is 2.49 bits per heavy atom. The molecule has 1 saturated carbocycles. The van der Waals surface area contributed by atoms with Gasteiger partial charge in [0.25, 0.3) is 5.91 Å². The summed E-state index contributed by atoms with van der Waals surface area (Å²) in [5.74, 6) is -1.43. The number of ether oxygens (including phenoxy) is 1. The van der Waals surface area contributed by atoms with E-state index in [2.05, 4.69) is 5.32 Å². The van der Waals surface area contributed by atoms with Gasteiger partial charge in [0.15, 0.2) is 0 Å². The van der Waals surface area contributed by atoms with Gasteiger partial charge in [-0.15, -0.1) is 0 Å². The molecule has 2 fully saturated rings. The first-order valence-corrected chi connectivity index (χ1v) is 12.3. The number of benzene rings is 3. The second-order valence-electron chi connectivity index (χ2n) is 9.86. The fourth-order valence-corrected chi connectivity index (χ4v) is 5.21. The van der Waals surface area contributed by atoms with E-state index in [1.165, 1.54) is 4.90 Å². The Hall–Kier alpha value is -4.20. The molecule has 4 aromatic rings. The van der Waals surface area contributed by atoms with Crippen LogP contribution in [0.5, 0.6) is 0 Å². The van der Waals surface area contributed by atoms with Gasteiger partial charge >= 0.3 is 5.97 Å². The third kappa shape index (κ3) is 4.33. The zero-order valence-corrected chi connectivity index (χ0v) is 20.0. The maximum Gasteiger partial charge on any atom is 0.329 e. The van der Waals surface area contributed by atoms with Gasteiger partial charge < -0.3 is 19.4 Å². The van der Waals surface area contributed by atoms with E-state index in [9.17, 15) is 18.8 Å². The number of fused-ring (bicyclic) bond motifs is 3. The lowest BCUT2D eigenvalue weighted by atomic mass is 10.0. The average molecular weight is 501 g/mol. The van der Waals surface area contributed by atoms with Gasteiger partial charge in [0.2, 0.25) is 5.91 Å². The van der Waals surface area contributed by atoms with Crippen LogP contribution in [0.15, 0.2) is 77.2 Å². The van der Waals surface area contributed by atoms with Crippen molar-refractivity contribution >= 4 is 39.7 Å². The van der Waals surface area contributed by atoms with Crippen LogP contribution >= 0.6 is 0 Å². The Kier molecular flexibility index (Phi) is 5.67. The predicted octanol–water partition coefficient (Wildman–Crippen LogP) is 4.39. The second kappa shape index (κ2) is 9.03. The van der Waals surface area contributed by atoms with E-state index in [-0.39, 0.29) is 26.1 Å². The molecule has 3 atom stereocenters. The number of esters is 1. The molecule has 3 aromatic carbocycles. The van der Waals surface area contributed by atoms with E-state index in [1.807, 2.05) is 54.6 Å². The zero-order chi connectivity index (χ0) is 25.6. The van der Waals surface area contributed by atoms with Crippen molar-refractivity contribution < 1.29 is 27.9 Å². The number of hydrogen-bond donors (Lipinski definition) is 1. The van der Waals surface area contributed by atoms with Crippen LogP contribution in [0.25, 0.3) is 21.9 Å². The molecule has 37 heavy (non-hydrogen) atoms. The number of alkyl halides is 1. The molecule has 1 aromatic heterocycles. The van der Waals surface area contributed by atoms with Crippen molar-refractivity contribution in [1.29, 1.82) is 0 Å². The SMILES string of the molecule is O=C(NCC(=O)N1CC2(CC2F)C[C@H]1C(=O)OCc1ccccc1)c1ccc2oc3ccccc3c2c1. The summed E-state index contributed by atoms with van der Waals surface area (Å²) in [5, 5.41) is 4.35. The van der Waals surface area contributed by atoms with Gasteiger partial charge in [0.1, 0.15) is 30.0 Å². The molecule has 7 nitrogen and oxygen atoms in total. The third-order valence-corrected chi connectivity index (χ3v) is 7.41. The summed E-state index contributed by atoms with van der Waals surface area (Å²) < 4.78 is 25.4. The number of amides is 2. The number of halogens is 1. The van der Waals surface area contributed by atoms with Gasteiger partial charge in [0, 0.05) is 28.3 Å². The highest BCUT2D eigenvalue weighted by molar-refractivity contribution is 6.08. The monoisotopic (exact) mass is 500 g/mol. The average Bonchev–Trinajstić information content (AvgIpc) is 3.24. The number of likely N-dealkylation sites (tertiary alicyclic amines) is 1. The summed E-state index contributed by atoms with van der Waals surface area (Å²) in [4.78, 5) is 40.2. The number of hydrogen-bond acceptors (Lipinski definition) is 5. The molecule has 1 aliphatic carbocycles. The molecule has 1 N–H and O–H groups in total. The predicted molar refractivity (Wildman–Crippen MR) is 134 cm³/mol. The van der Waals surface area contributed by atoms with Gasteiger partial charge in [-0.2, -0.15) is 0 Å². The number of carbonyl (C=O) groups excluding carboxylic acids is 3. The Labute approximate surface area is 212 Å². The van der Waals surface area contributed by atoms with Gasteiger partial charge in [-0.1, -0.05) is 48.5 Å². The minimum absolute atomic E-state index is 0.0756. The van der Waals surface area contributed by atoms with Gasteiger partial charge in [0.05, 0.1) is 6.54 Å². The molecule has 0 radical (unpaired) electrons. The van der Waals surface area contributed by atoms with E-state index >= 15 is 0 Å². The van der Waals surface area contributed by atoms with Crippen LogP contribution in [0, 0.1) is 5.41 Å². The molecule has 2 aliphatic rings. The lowest BCUT2D eigenvalue weighted by molar-refractivity contribution is -0.154. The quantitative estimate of drug-likeness (QED) is 0.397. The summed E-state index contributed by atoms with van der Waals surface area (Å²) in [5.41, 5.74) is 1.91. The van der Waals surface area contributed by atoms with Crippen LogP contribution in [0.1, 0.15) is 28.8 Å². The highest BCUT2D eigenvalue weighted by Crippen LogP contribution is 2.57. The largest absolute Gasteiger partial charge is 0.459 e. The van der Waals surface area contributed by atoms with Crippen molar-refractivity contribution in [3.63, 3.8) is 0 Å². The highest BCUT2D eigenvalue weighted by Gasteiger charge is 2.63. The standard InChI is InChI=1S/C29H25FN2O5/c30-25-14-29(25)13-22(28(35)36-16-18-6-2-1-3-7-18)32(17-29)26(33)15-31-27(34)19-10-11-24-21(12-19)20-8-4-5-9-23(20)37-24/h1-12,22,25H,13-17H2,(H,31,34)/t22-,25?,29?/m0/s1. The van der Waals surface area contributed by atoms with Crippen LogP contribution in [-0.4, -0.2) is 48.0 Å². The van der Waals surface area contributed by atoms with Crippen LogP contribution in [0.3, 0.4) is 0 Å². The maximum absolute atomic E-state index is 14.2. The van der Waals surface area contributed by atoms with Crippen molar-refractivity contribution in [3.8, 4) is 0 Å². The first kappa shape index (κ1) is 23.2. The van der Waals surface area contributed by atoms with E-state index in [0.29, 0.717) is 17.6 Å². The first-order chi connectivity index (χ1) is 17.9. The summed E-state index contributed by atoms with van der Waals surface area (Å²) >= 11 is 0. The number of rotatable bonds is 6. The van der Waals surface area contributed by atoms with Gasteiger partial charge in [-0.3, -0.25) is 9.59 Å². The molecule has 8 heteroatoms. The summed E-state index contributed by atoms with van der Waals surface area (Å²) in [6, 6.07) is 21.0. The summed E-state index contributed by atoms with van der Waals surface area (Å²) in [7, 11) is 0. The topological polar surface area (TPSA) is 88.9 Å². The molecule has 1 spiro atoms. The molecule has 188 valence electrons. The van der Waals surface area contributed by atoms with Gasteiger partial charge in [-0.25, -0.2) is 9.18 Å². The summed E-state index contributed by atoms with van der Waals surface area (Å²) in [6.45, 7) is -0.0917. The van der Waals surface area contributed by atoms with E-state index < -0.39 is 35.4 Å². The molecule has 2 unspecified atom stereocenters. The summed E-state index contributed by atoms with van der Waals surface area (Å²) in [6.07, 6.45) is -0.489. The van der Waals surface area contributed by atoms with Crippen molar-refractivity contribution in [2.24, 2.45) is 5.41 Å². The van der Waals surface area contributed by atoms with Crippen LogP contribution in [0.2, 0.25) is 0 Å². The van der Waals surface area contributed by atoms with Crippen molar-refractivity contribution in [1.82, 2.24) is 10.2 Å². The lowest BCUT2D eigenvalue weighted by Gasteiger charge is -2.23. The smallest absolute Gasteiger partial charge is 0.329 e. The number of para-hydroxylation sites is 1. The fourth-order valence-electron chi connectivity index (χ4n) is 5.21. The number of furan rings is 1. The minimum atomic E-state index is -1.04. The maximum atomic E-state index is 14.2. The van der Waals surface area contributed by atoms with Crippen molar-refractivity contribution in [2.75, 3.05) is 13.1 Å². The Bertz CT molecular complexity index is 1520. The second-order valence-corrected chi connectivity index (χ2v) is 9.86.